The molecule has 52 heavy (non-hydrogen) atoms. The second-order valence-electron chi connectivity index (χ2n) is 14.5. The van der Waals surface area contributed by atoms with Crippen molar-refractivity contribution in [3.8, 4) is 27.9 Å². The summed E-state index contributed by atoms with van der Waals surface area (Å²) >= 11 is 0. The van der Waals surface area contributed by atoms with E-state index < -0.39 is 0 Å². The predicted octanol–water partition coefficient (Wildman–Crippen LogP) is 11.1. The fourth-order valence-electron chi connectivity index (χ4n) is 8.51. The molecule has 2 heterocycles. The molecule has 4 heteroatoms. The molecule has 1 aliphatic heterocycles. The highest BCUT2D eigenvalue weighted by molar-refractivity contribution is 6.18. The highest BCUT2D eigenvalue weighted by Crippen LogP contribution is 2.53. The second-order valence-corrected chi connectivity index (χ2v) is 14.5. The van der Waals surface area contributed by atoms with Crippen LogP contribution in [0, 0.1) is 0 Å². The molecule has 7 aromatic carbocycles. The number of amidine groups is 1. The zero-order chi connectivity index (χ0) is 34.8. The van der Waals surface area contributed by atoms with Crippen LogP contribution in [0.25, 0.3) is 49.7 Å². The number of fused-ring (bicyclic) bond motifs is 7. The van der Waals surface area contributed by atoms with Crippen molar-refractivity contribution in [1.29, 1.82) is 0 Å². The normalized spacial score (nSPS) is 17.4. The minimum atomic E-state index is -0.193. The molecule has 250 valence electrons. The van der Waals surface area contributed by atoms with Crippen LogP contribution in [0.4, 0.5) is 0 Å². The summed E-state index contributed by atoms with van der Waals surface area (Å²) in [7, 11) is 0. The van der Waals surface area contributed by atoms with Crippen molar-refractivity contribution in [1.82, 2.24) is 15.2 Å². The largest absolute Gasteiger partial charge is 0.350 e. The molecule has 0 saturated heterocycles. The third-order valence-corrected chi connectivity index (χ3v) is 11.1. The van der Waals surface area contributed by atoms with Crippen molar-refractivity contribution >= 4 is 27.6 Å². The van der Waals surface area contributed by atoms with Crippen LogP contribution >= 0.6 is 0 Å². The maximum absolute atomic E-state index is 5.26. The van der Waals surface area contributed by atoms with Gasteiger partial charge in [0.15, 0.2) is 0 Å². The molecular weight excluding hydrogens is 633 g/mol. The Morgan fingerprint density at radius 3 is 2.02 bits per heavy atom. The molecule has 1 aliphatic carbocycles. The summed E-state index contributed by atoms with van der Waals surface area (Å²) in [5, 5.41) is 10.0. The van der Waals surface area contributed by atoms with Gasteiger partial charge in [-0.15, -0.1) is 0 Å². The van der Waals surface area contributed by atoms with E-state index >= 15 is 0 Å². The quantitative estimate of drug-likeness (QED) is 0.191. The van der Waals surface area contributed by atoms with E-state index in [0.29, 0.717) is 0 Å². The Bertz CT molecular complexity index is 2650. The van der Waals surface area contributed by atoms with Gasteiger partial charge in [0.05, 0.1) is 11.0 Å². The lowest BCUT2D eigenvalue weighted by atomic mass is 9.82. The highest BCUT2D eigenvalue weighted by atomic mass is 15.3. The minimum absolute atomic E-state index is 0.0884. The van der Waals surface area contributed by atoms with Crippen LogP contribution in [0.5, 0.6) is 0 Å². The molecule has 0 fully saturated rings. The molecule has 8 aromatic rings. The molecular formula is C48H38N4. The van der Waals surface area contributed by atoms with Gasteiger partial charge in [0.25, 0.3) is 0 Å². The van der Waals surface area contributed by atoms with Crippen molar-refractivity contribution in [2.24, 2.45) is 4.99 Å². The number of aromatic nitrogens is 1. The zero-order valence-corrected chi connectivity index (χ0v) is 29.2. The predicted molar refractivity (Wildman–Crippen MR) is 215 cm³/mol. The van der Waals surface area contributed by atoms with Crippen LogP contribution in [-0.4, -0.2) is 10.4 Å². The average Bonchev–Trinajstić information content (AvgIpc) is 3.67. The molecule has 2 atom stereocenters. The number of nitrogens with one attached hydrogen (secondary N) is 2. The molecule has 1 aromatic heterocycles. The van der Waals surface area contributed by atoms with E-state index in [9.17, 15) is 0 Å². The third kappa shape index (κ3) is 4.83. The van der Waals surface area contributed by atoms with E-state index in [-0.39, 0.29) is 17.7 Å². The first-order chi connectivity index (χ1) is 25.5. The standard InChI is InChI=1S/C48H38N4/c1-48(2)39-24-13-12-23-37(39)43-40(48)26-28-42-44(43)38-30-34(31-15-6-3-7-16-31)25-27-41(38)52(42)36-22-14-21-35(29-36)47-50-45(32-17-8-4-9-18-32)49-46(51-47)33-19-10-5-11-20-33/h3-30,45-46,49H,1-2H3,(H,50,51). The van der Waals surface area contributed by atoms with Crippen LogP contribution in [-0.2, 0) is 5.41 Å². The molecule has 10 rings (SSSR count). The van der Waals surface area contributed by atoms with E-state index in [4.69, 9.17) is 4.99 Å². The highest BCUT2D eigenvalue weighted by Gasteiger charge is 2.37. The number of nitrogens with zero attached hydrogens (tertiary/aromatic N) is 2. The van der Waals surface area contributed by atoms with E-state index in [0.717, 1.165) is 22.6 Å². The second kappa shape index (κ2) is 11.9. The van der Waals surface area contributed by atoms with Gasteiger partial charge in [-0.05, 0) is 74.8 Å². The van der Waals surface area contributed by atoms with E-state index in [1.54, 1.807) is 0 Å². The summed E-state index contributed by atoms with van der Waals surface area (Å²) in [5.41, 5.74) is 14.6. The first-order valence-electron chi connectivity index (χ1n) is 18.1. The lowest BCUT2D eigenvalue weighted by molar-refractivity contribution is 0.409. The molecule has 2 aliphatic rings. The lowest BCUT2D eigenvalue weighted by Gasteiger charge is -2.32. The molecule has 0 radical (unpaired) electrons. The van der Waals surface area contributed by atoms with Gasteiger partial charge in [-0.1, -0.05) is 153 Å². The molecule has 2 N–H and O–H groups in total. The lowest BCUT2D eigenvalue weighted by Crippen LogP contribution is -2.44. The van der Waals surface area contributed by atoms with Gasteiger partial charge in [-0.3, -0.25) is 5.32 Å². The van der Waals surface area contributed by atoms with Crippen LogP contribution in [0.2, 0.25) is 0 Å². The Balaban J connectivity index is 1.18. The first kappa shape index (κ1) is 30.6. The number of rotatable bonds is 5. The first-order valence-corrected chi connectivity index (χ1v) is 18.1. The van der Waals surface area contributed by atoms with Crippen molar-refractivity contribution in [3.05, 3.63) is 198 Å². The maximum atomic E-state index is 5.26. The molecule has 0 spiro atoms. The topological polar surface area (TPSA) is 41.4 Å². The Morgan fingerprint density at radius 1 is 0.558 bits per heavy atom. The zero-order valence-electron chi connectivity index (χ0n) is 29.2. The summed E-state index contributed by atoms with van der Waals surface area (Å²) in [6.07, 6.45) is -0.291. The Labute approximate surface area is 304 Å². The summed E-state index contributed by atoms with van der Waals surface area (Å²) in [4.78, 5) is 5.26. The van der Waals surface area contributed by atoms with E-state index in [1.807, 2.05) is 0 Å². The number of hydrogen-bond acceptors (Lipinski definition) is 3. The van der Waals surface area contributed by atoms with Crippen molar-refractivity contribution < 1.29 is 0 Å². The molecule has 0 bridgehead atoms. The fourth-order valence-corrected chi connectivity index (χ4v) is 8.51. The van der Waals surface area contributed by atoms with Crippen LogP contribution in [0.15, 0.2) is 175 Å². The van der Waals surface area contributed by atoms with Crippen molar-refractivity contribution in [2.75, 3.05) is 0 Å². The SMILES string of the molecule is CC1(C)c2ccccc2-c2c1ccc1c2c2cc(-c3ccccc3)ccc2n1-c1cccc(C2=NC(c3ccccc3)NC(c3ccccc3)N2)c1. The van der Waals surface area contributed by atoms with Crippen molar-refractivity contribution in [2.45, 2.75) is 31.6 Å². The van der Waals surface area contributed by atoms with Crippen LogP contribution in [0.3, 0.4) is 0 Å². The molecule has 2 unspecified atom stereocenters. The number of hydrogen-bond donors (Lipinski definition) is 2. The summed E-state index contributed by atoms with van der Waals surface area (Å²) in [6.45, 7) is 4.72. The van der Waals surface area contributed by atoms with Gasteiger partial charge < -0.3 is 9.88 Å². The Kier molecular flexibility index (Phi) is 7.02. The maximum Gasteiger partial charge on any atom is 0.131 e. The Morgan fingerprint density at radius 2 is 1.23 bits per heavy atom. The molecule has 0 amide bonds. The van der Waals surface area contributed by atoms with Gasteiger partial charge in [0, 0.05) is 27.4 Å². The van der Waals surface area contributed by atoms with Gasteiger partial charge in [-0.25, -0.2) is 4.99 Å². The number of aliphatic imine (C=N–C) groups is 1. The summed E-state index contributed by atoms with van der Waals surface area (Å²) in [5.74, 6) is 0.868. The average molecular weight is 671 g/mol. The number of benzene rings is 7. The van der Waals surface area contributed by atoms with Gasteiger partial charge in [0.2, 0.25) is 0 Å². The monoisotopic (exact) mass is 670 g/mol. The van der Waals surface area contributed by atoms with Crippen LogP contribution < -0.4 is 10.6 Å². The Hall–Kier alpha value is -6.23. The van der Waals surface area contributed by atoms with E-state index in [1.165, 1.54) is 60.8 Å². The van der Waals surface area contributed by atoms with Crippen LogP contribution in [0.1, 0.15) is 54.0 Å². The van der Waals surface area contributed by atoms with Gasteiger partial charge >= 0.3 is 0 Å². The van der Waals surface area contributed by atoms with Crippen molar-refractivity contribution in [3.63, 3.8) is 0 Å². The van der Waals surface area contributed by atoms with Gasteiger partial charge in [-0.2, -0.15) is 0 Å². The van der Waals surface area contributed by atoms with E-state index in [2.05, 4.69) is 199 Å². The molecule has 4 nitrogen and oxygen atoms in total. The fraction of sp³-hybridized carbons (Fsp3) is 0.104. The third-order valence-electron chi connectivity index (χ3n) is 11.1. The smallest absolute Gasteiger partial charge is 0.131 e. The minimum Gasteiger partial charge on any atom is -0.350 e. The molecule has 0 saturated carbocycles. The van der Waals surface area contributed by atoms with Gasteiger partial charge in [0.1, 0.15) is 18.2 Å². The summed E-state index contributed by atoms with van der Waals surface area (Å²) in [6, 6.07) is 61.2. The summed E-state index contributed by atoms with van der Waals surface area (Å²) < 4.78 is 2.45.